The van der Waals surface area contributed by atoms with Gasteiger partial charge in [-0.25, -0.2) is 4.79 Å². The number of hydrogen-bond donors (Lipinski definition) is 3. The molecular weight excluding hydrogens is 596 g/mol. The Morgan fingerprint density at radius 1 is 0.857 bits per heavy atom. The molecule has 7 nitrogen and oxygen atoms in total. The predicted octanol–water partition coefficient (Wildman–Crippen LogP) is 6.86. The number of carboxylic acids is 1. The Bertz CT molecular complexity index is 1550. The molecule has 0 spiro atoms. The van der Waals surface area contributed by atoms with E-state index in [9.17, 15) is 19.5 Å². The van der Waals surface area contributed by atoms with Crippen LogP contribution in [0.5, 0.6) is 5.75 Å². The van der Waals surface area contributed by atoms with Gasteiger partial charge < -0.3 is 20.5 Å². The number of anilines is 1. The third-order valence-electron chi connectivity index (χ3n) is 6.69. The molecule has 1 atom stereocenters. The van der Waals surface area contributed by atoms with E-state index in [0.29, 0.717) is 10.2 Å². The van der Waals surface area contributed by atoms with E-state index in [1.54, 1.807) is 12.1 Å². The minimum atomic E-state index is -1.18. The second-order valence-electron chi connectivity index (χ2n) is 10.9. The fourth-order valence-electron chi connectivity index (χ4n) is 4.34. The van der Waals surface area contributed by atoms with Gasteiger partial charge in [0.05, 0.1) is 11.3 Å². The third-order valence-corrected chi connectivity index (χ3v) is 7.19. The molecule has 4 rings (SSSR count). The van der Waals surface area contributed by atoms with Crippen molar-refractivity contribution in [2.45, 2.75) is 38.6 Å². The van der Waals surface area contributed by atoms with Crippen LogP contribution < -0.4 is 15.4 Å². The summed E-state index contributed by atoms with van der Waals surface area (Å²) in [7, 11) is 0. The van der Waals surface area contributed by atoms with Crippen molar-refractivity contribution in [1.29, 1.82) is 0 Å². The van der Waals surface area contributed by atoms with Gasteiger partial charge in [0.1, 0.15) is 11.8 Å². The highest BCUT2D eigenvalue weighted by Gasteiger charge is 2.23. The molecule has 0 heterocycles. The van der Waals surface area contributed by atoms with Crippen molar-refractivity contribution in [3.63, 3.8) is 0 Å². The van der Waals surface area contributed by atoms with Crippen LogP contribution in [0, 0.1) is 0 Å². The lowest BCUT2D eigenvalue weighted by atomic mass is 9.87. The molecule has 0 bridgehead atoms. The summed E-state index contributed by atoms with van der Waals surface area (Å²) in [5.41, 5.74) is 4.34. The first-order valence-electron chi connectivity index (χ1n) is 13.5. The van der Waals surface area contributed by atoms with Gasteiger partial charge in [-0.1, -0.05) is 103 Å². The van der Waals surface area contributed by atoms with Gasteiger partial charge in [0, 0.05) is 10.9 Å². The number of nitrogens with one attached hydrogen (secondary N) is 2. The zero-order valence-corrected chi connectivity index (χ0v) is 25.3. The fraction of sp³-hybridized carbons (Fsp3) is 0.206. The van der Waals surface area contributed by atoms with Crippen molar-refractivity contribution < 1.29 is 24.2 Å². The molecule has 42 heavy (non-hydrogen) atoms. The number of rotatable bonds is 10. The Morgan fingerprint density at radius 3 is 2.12 bits per heavy atom. The molecule has 2 amide bonds. The number of aliphatic carboxylic acids is 1. The maximum atomic E-state index is 13.3. The Labute approximate surface area is 254 Å². The average molecular weight is 630 g/mol. The summed E-state index contributed by atoms with van der Waals surface area (Å²) < 4.78 is 6.23. The van der Waals surface area contributed by atoms with Crippen molar-refractivity contribution in [3.8, 4) is 16.9 Å². The van der Waals surface area contributed by atoms with Crippen LogP contribution in [0.15, 0.2) is 102 Å². The highest BCUT2D eigenvalue weighted by Crippen LogP contribution is 2.25. The summed E-state index contributed by atoms with van der Waals surface area (Å²) in [6.45, 7) is 6.08. The quantitative estimate of drug-likeness (QED) is 0.178. The average Bonchev–Trinajstić information content (AvgIpc) is 2.97. The number of ether oxygens (including phenoxy) is 1. The minimum Gasteiger partial charge on any atom is -0.484 e. The van der Waals surface area contributed by atoms with Crippen molar-refractivity contribution in [1.82, 2.24) is 5.32 Å². The Morgan fingerprint density at radius 2 is 1.50 bits per heavy atom. The number of carbonyl (C=O) groups is 3. The van der Waals surface area contributed by atoms with E-state index in [1.807, 2.05) is 78.9 Å². The standard InChI is InChI=1S/C34H33BrN2O5/c1-34(2,3)25-13-16-27(17-14-25)42-21-31(38)36-29-18-15-26(35)20-28(29)32(39)37-30(33(40)41)19-22-9-11-24(12-10-22)23-7-5-4-6-8-23/h4-18,20,30H,19,21H2,1-3H3,(H,36,38)(H,37,39)(H,40,41)/t30-/m0/s1. The Balaban J connectivity index is 1.41. The van der Waals surface area contributed by atoms with Gasteiger partial charge in [0.25, 0.3) is 11.8 Å². The summed E-state index contributed by atoms with van der Waals surface area (Å²) in [6.07, 6.45) is 0.0910. The lowest BCUT2D eigenvalue weighted by Gasteiger charge is -2.19. The van der Waals surface area contributed by atoms with Crippen LogP contribution >= 0.6 is 15.9 Å². The van der Waals surface area contributed by atoms with Crippen LogP contribution in [0.1, 0.15) is 42.3 Å². The van der Waals surface area contributed by atoms with E-state index in [2.05, 4.69) is 47.3 Å². The zero-order valence-electron chi connectivity index (χ0n) is 23.7. The highest BCUT2D eigenvalue weighted by molar-refractivity contribution is 9.10. The van der Waals surface area contributed by atoms with Crippen molar-refractivity contribution >= 4 is 39.4 Å². The number of carboxylic acid groups (broad SMARTS) is 1. The van der Waals surface area contributed by atoms with Crippen LogP contribution in [0.25, 0.3) is 11.1 Å². The summed E-state index contributed by atoms with van der Waals surface area (Å²) in [5, 5.41) is 15.2. The van der Waals surface area contributed by atoms with Gasteiger partial charge >= 0.3 is 5.97 Å². The van der Waals surface area contributed by atoms with Crippen LogP contribution in [0.2, 0.25) is 0 Å². The number of benzene rings is 4. The molecule has 0 unspecified atom stereocenters. The molecule has 8 heteroatoms. The molecule has 0 aliphatic heterocycles. The minimum absolute atomic E-state index is 0.00109. The van der Waals surface area contributed by atoms with Crippen LogP contribution in [-0.2, 0) is 21.4 Å². The summed E-state index contributed by atoms with van der Waals surface area (Å²) >= 11 is 3.35. The molecule has 0 radical (unpaired) electrons. The predicted molar refractivity (Wildman–Crippen MR) is 168 cm³/mol. The second kappa shape index (κ2) is 13.5. The van der Waals surface area contributed by atoms with Gasteiger partial charge in [-0.05, 0) is 58.0 Å². The van der Waals surface area contributed by atoms with Gasteiger partial charge in [0.2, 0.25) is 0 Å². The first-order valence-corrected chi connectivity index (χ1v) is 14.3. The van der Waals surface area contributed by atoms with E-state index in [4.69, 9.17) is 4.74 Å². The van der Waals surface area contributed by atoms with Gasteiger partial charge in [-0.15, -0.1) is 0 Å². The van der Waals surface area contributed by atoms with Crippen LogP contribution in [0.4, 0.5) is 5.69 Å². The van der Waals surface area contributed by atoms with E-state index in [1.165, 1.54) is 6.07 Å². The molecule has 216 valence electrons. The molecule has 3 N–H and O–H groups in total. The smallest absolute Gasteiger partial charge is 0.326 e. The molecule has 0 saturated carbocycles. The summed E-state index contributed by atoms with van der Waals surface area (Å²) in [5.74, 6) is -1.70. The Hall–Kier alpha value is -4.43. The van der Waals surface area contributed by atoms with E-state index >= 15 is 0 Å². The summed E-state index contributed by atoms with van der Waals surface area (Å²) in [6, 6.07) is 28.6. The highest BCUT2D eigenvalue weighted by atomic mass is 79.9. The topological polar surface area (TPSA) is 105 Å². The molecule has 0 fully saturated rings. The van der Waals surface area contributed by atoms with Crippen LogP contribution in [-0.4, -0.2) is 35.5 Å². The van der Waals surface area contributed by atoms with E-state index in [-0.39, 0.29) is 29.7 Å². The largest absolute Gasteiger partial charge is 0.484 e. The molecule has 0 aromatic heterocycles. The summed E-state index contributed by atoms with van der Waals surface area (Å²) in [4.78, 5) is 38.0. The molecular formula is C34H33BrN2O5. The molecule has 0 aliphatic carbocycles. The first kappa shape index (κ1) is 30.5. The van der Waals surface area contributed by atoms with E-state index in [0.717, 1.165) is 22.3 Å². The van der Waals surface area contributed by atoms with Crippen LogP contribution in [0.3, 0.4) is 0 Å². The van der Waals surface area contributed by atoms with Crippen molar-refractivity contribution in [2.24, 2.45) is 0 Å². The third kappa shape index (κ3) is 8.30. The lowest BCUT2D eigenvalue weighted by Crippen LogP contribution is -2.42. The number of hydrogen-bond acceptors (Lipinski definition) is 4. The number of carbonyl (C=O) groups excluding carboxylic acids is 2. The Kier molecular flexibility index (Phi) is 9.80. The maximum absolute atomic E-state index is 13.3. The molecule has 0 aliphatic rings. The maximum Gasteiger partial charge on any atom is 0.326 e. The monoisotopic (exact) mass is 628 g/mol. The van der Waals surface area contributed by atoms with Gasteiger partial charge in [-0.2, -0.15) is 0 Å². The second-order valence-corrected chi connectivity index (χ2v) is 11.8. The van der Waals surface area contributed by atoms with Gasteiger partial charge in [0.15, 0.2) is 6.61 Å². The zero-order chi connectivity index (χ0) is 30.3. The molecule has 4 aromatic carbocycles. The van der Waals surface area contributed by atoms with E-state index < -0.39 is 23.8 Å². The fourth-order valence-corrected chi connectivity index (χ4v) is 4.70. The van der Waals surface area contributed by atoms with Crippen molar-refractivity contribution in [2.75, 3.05) is 11.9 Å². The van der Waals surface area contributed by atoms with Crippen molar-refractivity contribution in [3.05, 3.63) is 118 Å². The van der Waals surface area contributed by atoms with Gasteiger partial charge in [-0.3, -0.25) is 9.59 Å². The molecule has 0 saturated heterocycles. The number of halogens is 1. The molecule has 4 aromatic rings. The first-order chi connectivity index (χ1) is 20.0. The normalized spacial score (nSPS) is 11.8. The lowest BCUT2D eigenvalue weighted by molar-refractivity contribution is -0.139. The SMILES string of the molecule is CC(C)(C)c1ccc(OCC(=O)Nc2ccc(Br)cc2C(=O)N[C@@H](Cc2ccc(-c3ccccc3)cc2)C(=O)O)cc1. The number of amides is 2.